The second-order valence-electron chi connectivity index (χ2n) is 6.83. The fraction of sp³-hybridized carbons (Fsp3) is 0.667. The lowest BCUT2D eigenvalue weighted by atomic mass is 9.68. The number of hydrogen-bond donors (Lipinski definition) is 1. The molecule has 98 valence electrons. The average Bonchev–Trinajstić information content (AvgIpc) is 2.78. The Morgan fingerprint density at radius 3 is 2.78 bits per heavy atom. The van der Waals surface area contributed by atoms with Crippen LogP contribution in [0.15, 0.2) is 22.9 Å². The van der Waals surface area contributed by atoms with Gasteiger partial charge in [0.05, 0.1) is 5.69 Å². The number of hydrogen-bond acceptors (Lipinski definition) is 2. The maximum Gasteiger partial charge on any atom is 0.129 e. The third-order valence-corrected chi connectivity index (χ3v) is 5.96. The topological polar surface area (TPSA) is 24.9 Å². The molecule has 0 spiro atoms. The second-order valence-corrected chi connectivity index (χ2v) is 7.59. The smallest absolute Gasteiger partial charge is 0.129 e. The number of anilines is 1. The molecule has 2 saturated carbocycles. The van der Waals surface area contributed by atoms with Crippen LogP contribution in [-0.2, 0) is 0 Å². The van der Waals surface area contributed by atoms with E-state index >= 15 is 0 Å². The van der Waals surface area contributed by atoms with E-state index in [9.17, 15) is 0 Å². The normalized spacial score (nSPS) is 36.9. The fourth-order valence-corrected chi connectivity index (χ4v) is 4.68. The van der Waals surface area contributed by atoms with Crippen molar-refractivity contribution in [2.75, 3.05) is 5.32 Å². The van der Waals surface area contributed by atoms with Crippen LogP contribution < -0.4 is 5.32 Å². The molecule has 18 heavy (non-hydrogen) atoms. The maximum absolute atomic E-state index is 4.31. The molecule has 1 heterocycles. The Labute approximate surface area is 118 Å². The lowest BCUT2D eigenvalue weighted by Crippen LogP contribution is -2.45. The van der Waals surface area contributed by atoms with Gasteiger partial charge in [0.1, 0.15) is 4.60 Å². The van der Waals surface area contributed by atoms with E-state index in [4.69, 9.17) is 0 Å². The van der Waals surface area contributed by atoms with E-state index < -0.39 is 0 Å². The van der Waals surface area contributed by atoms with Gasteiger partial charge in [0, 0.05) is 12.2 Å². The first-order chi connectivity index (χ1) is 8.43. The summed E-state index contributed by atoms with van der Waals surface area (Å²) in [5.74, 6) is 0.871. The van der Waals surface area contributed by atoms with Crippen LogP contribution >= 0.6 is 15.9 Å². The first kappa shape index (κ1) is 12.5. The van der Waals surface area contributed by atoms with Crippen molar-refractivity contribution in [3.63, 3.8) is 0 Å². The summed E-state index contributed by atoms with van der Waals surface area (Å²) in [5.41, 5.74) is 1.95. The molecule has 1 aromatic heterocycles. The zero-order chi connectivity index (χ0) is 13.0. The van der Waals surface area contributed by atoms with Crippen LogP contribution in [0.2, 0.25) is 0 Å². The van der Waals surface area contributed by atoms with Gasteiger partial charge in [0.2, 0.25) is 0 Å². The highest BCUT2D eigenvalue weighted by Gasteiger charge is 2.59. The number of fused-ring (bicyclic) bond motifs is 2. The molecule has 2 aliphatic carbocycles. The van der Waals surface area contributed by atoms with Gasteiger partial charge in [0.25, 0.3) is 0 Å². The van der Waals surface area contributed by atoms with Crippen molar-refractivity contribution in [2.45, 2.75) is 46.1 Å². The monoisotopic (exact) mass is 308 g/mol. The van der Waals surface area contributed by atoms with E-state index in [0.717, 1.165) is 16.2 Å². The summed E-state index contributed by atoms with van der Waals surface area (Å²) in [7, 11) is 0. The van der Waals surface area contributed by atoms with Gasteiger partial charge in [-0.1, -0.05) is 20.8 Å². The molecule has 3 atom stereocenters. The number of nitrogens with one attached hydrogen (secondary N) is 1. The predicted octanol–water partition coefficient (Wildman–Crippen LogP) is 4.47. The van der Waals surface area contributed by atoms with Crippen molar-refractivity contribution in [2.24, 2.45) is 16.7 Å². The highest BCUT2D eigenvalue weighted by atomic mass is 79.9. The van der Waals surface area contributed by atoms with E-state index in [1.165, 1.54) is 19.3 Å². The molecule has 0 saturated heterocycles. The van der Waals surface area contributed by atoms with E-state index in [1.807, 2.05) is 12.3 Å². The van der Waals surface area contributed by atoms with Gasteiger partial charge in [-0.3, -0.25) is 0 Å². The van der Waals surface area contributed by atoms with Crippen LogP contribution in [0.4, 0.5) is 5.69 Å². The molecule has 0 aliphatic heterocycles. The molecule has 1 unspecified atom stereocenters. The van der Waals surface area contributed by atoms with Crippen LogP contribution in [0.5, 0.6) is 0 Å². The molecule has 0 amide bonds. The Balaban J connectivity index is 1.91. The standard InChI is InChI=1S/C15H21BrN2/c1-14(2)10-6-7-15(3,9-10)13(14)18-11-5-4-8-17-12(11)16/h4-5,8,10,13,18H,6-7,9H2,1-3H3/t10-,13?,15+/m0/s1. The predicted molar refractivity (Wildman–Crippen MR) is 78.6 cm³/mol. The van der Waals surface area contributed by atoms with Gasteiger partial charge in [-0.15, -0.1) is 0 Å². The highest BCUT2D eigenvalue weighted by Crippen LogP contribution is 2.63. The van der Waals surface area contributed by atoms with Crippen LogP contribution in [0.25, 0.3) is 0 Å². The average molecular weight is 309 g/mol. The van der Waals surface area contributed by atoms with Gasteiger partial charge in [-0.25, -0.2) is 4.98 Å². The van der Waals surface area contributed by atoms with Crippen LogP contribution in [-0.4, -0.2) is 11.0 Å². The van der Waals surface area contributed by atoms with E-state index in [0.29, 0.717) is 16.9 Å². The minimum absolute atomic E-state index is 0.377. The van der Waals surface area contributed by atoms with Crippen LogP contribution in [0.1, 0.15) is 40.0 Å². The summed E-state index contributed by atoms with van der Waals surface area (Å²) >= 11 is 3.54. The largest absolute Gasteiger partial charge is 0.379 e. The minimum Gasteiger partial charge on any atom is -0.379 e. The first-order valence-electron chi connectivity index (χ1n) is 6.80. The Bertz CT molecular complexity index is 467. The molecule has 1 N–H and O–H groups in total. The number of halogens is 1. The van der Waals surface area contributed by atoms with E-state index in [2.05, 4.69) is 53.1 Å². The van der Waals surface area contributed by atoms with Crippen molar-refractivity contribution < 1.29 is 0 Å². The number of nitrogens with zero attached hydrogens (tertiary/aromatic N) is 1. The Morgan fingerprint density at radius 2 is 2.17 bits per heavy atom. The van der Waals surface area contributed by atoms with E-state index in [1.54, 1.807) is 0 Å². The maximum atomic E-state index is 4.31. The van der Waals surface area contributed by atoms with Crippen molar-refractivity contribution >= 4 is 21.6 Å². The van der Waals surface area contributed by atoms with Gasteiger partial charge >= 0.3 is 0 Å². The molecule has 2 aliphatic rings. The quantitative estimate of drug-likeness (QED) is 0.815. The van der Waals surface area contributed by atoms with Crippen molar-refractivity contribution in [1.82, 2.24) is 4.98 Å². The minimum atomic E-state index is 0.377. The summed E-state index contributed by atoms with van der Waals surface area (Å²) in [6, 6.07) is 4.65. The Morgan fingerprint density at radius 1 is 1.39 bits per heavy atom. The molecular weight excluding hydrogens is 288 g/mol. The molecule has 2 bridgehead atoms. The number of rotatable bonds is 2. The lowest BCUT2D eigenvalue weighted by molar-refractivity contribution is 0.155. The molecule has 0 aromatic carbocycles. The van der Waals surface area contributed by atoms with Gasteiger partial charge in [0.15, 0.2) is 0 Å². The third-order valence-electron chi connectivity index (χ3n) is 5.33. The number of pyridine rings is 1. The molecule has 3 heteroatoms. The highest BCUT2D eigenvalue weighted by molar-refractivity contribution is 9.10. The number of aromatic nitrogens is 1. The zero-order valence-electron chi connectivity index (χ0n) is 11.3. The molecular formula is C15H21BrN2. The van der Waals surface area contributed by atoms with Gasteiger partial charge < -0.3 is 5.32 Å². The Hall–Kier alpha value is -0.570. The van der Waals surface area contributed by atoms with Crippen molar-refractivity contribution in [3.05, 3.63) is 22.9 Å². The third kappa shape index (κ3) is 1.70. The molecule has 2 nitrogen and oxygen atoms in total. The summed E-state index contributed by atoms with van der Waals surface area (Å²) in [6.45, 7) is 7.29. The zero-order valence-corrected chi connectivity index (χ0v) is 12.9. The lowest BCUT2D eigenvalue weighted by Gasteiger charge is -2.43. The summed E-state index contributed by atoms with van der Waals surface area (Å²) in [6.07, 6.45) is 5.95. The van der Waals surface area contributed by atoms with Crippen molar-refractivity contribution in [1.29, 1.82) is 0 Å². The molecule has 2 fully saturated rings. The van der Waals surface area contributed by atoms with E-state index in [-0.39, 0.29) is 0 Å². The van der Waals surface area contributed by atoms with Crippen molar-refractivity contribution in [3.8, 4) is 0 Å². The second kappa shape index (κ2) is 3.96. The Kier molecular flexibility index (Phi) is 2.74. The van der Waals surface area contributed by atoms with Crippen LogP contribution in [0, 0.1) is 16.7 Å². The summed E-state index contributed by atoms with van der Waals surface area (Å²) in [5, 5.41) is 3.76. The summed E-state index contributed by atoms with van der Waals surface area (Å²) < 4.78 is 0.923. The molecule has 0 radical (unpaired) electrons. The van der Waals surface area contributed by atoms with Crippen LogP contribution in [0.3, 0.4) is 0 Å². The summed E-state index contributed by atoms with van der Waals surface area (Å²) in [4.78, 5) is 4.31. The van der Waals surface area contributed by atoms with Gasteiger partial charge in [-0.05, 0) is 64.1 Å². The molecule has 3 rings (SSSR count). The SMILES string of the molecule is CC1(C)C(Nc2cccnc2Br)[C@]2(C)CC[C@H]1C2. The first-order valence-corrected chi connectivity index (χ1v) is 7.60. The van der Waals surface area contributed by atoms with Gasteiger partial charge in [-0.2, -0.15) is 0 Å². The fourth-order valence-electron chi connectivity index (χ4n) is 4.31. The molecule has 1 aromatic rings.